The number of anilines is 2. The van der Waals surface area contributed by atoms with E-state index in [0.29, 0.717) is 24.3 Å². The van der Waals surface area contributed by atoms with E-state index in [0.717, 1.165) is 37.2 Å². The van der Waals surface area contributed by atoms with Crippen LogP contribution in [0.25, 0.3) is 0 Å². The van der Waals surface area contributed by atoms with Crippen LogP contribution < -0.4 is 20.7 Å². The number of rotatable bonds is 8. The molecular formula is C23H30N4O3. The van der Waals surface area contributed by atoms with Gasteiger partial charge in [-0.3, -0.25) is 9.69 Å². The number of urea groups is 1. The summed E-state index contributed by atoms with van der Waals surface area (Å²) in [6.07, 6.45) is 2.72. The first kappa shape index (κ1) is 21.6. The van der Waals surface area contributed by atoms with Crippen LogP contribution in [0.2, 0.25) is 0 Å². The van der Waals surface area contributed by atoms with Crippen LogP contribution in [-0.2, 0) is 4.79 Å². The number of methoxy groups -OCH3 is 1. The molecule has 0 aromatic heterocycles. The van der Waals surface area contributed by atoms with E-state index in [1.54, 1.807) is 38.3 Å². The highest BCUT2D eigenvalue weighted by Gasteiger charge is 2.26. The van der Waals surface area contributed by atoms with Gasteiger partial charge in [-0.25, -0.2) is 4.79 Å². The number of carbonyl (C=O) groups is 2. The van der Waals surface area contributed by atoms with Crippen LogP contribution in [-0.4, -0.2) is 43.6 Å². The number of nitrogens with zero attached hydrogens (tertiary/aromatic N) is 1. The first-order chi connectivity index (χ1) is 14.6. The minimum Gasteiger partial charge on any atom is -0.496 e. The number of nitrogens with one attached hydrogen (secondary N) is 3. The molecule has 1 saturated heterocycles. The highest BCUT2D eigenvalue weighted by Crippen LogP contribution is 2.31. The van der Waals surface area contributed by atoms with Crippen molar-refractivity contribution in [1.82, 2.24) is 10.2 Å². The average molecular weight is 411 g/mol. The zero-order valence-corrected chi connectivity index (χ0v) is 17.6. The number of benzene rings is 2. The second-order valence-electron chi connectivity index (χ2n) is 7.32. The molecule has 0 saturated carbocycles. The van der Waals surface area contributed by atoms with Gasteiger partial charge in [0.1, 0.15) is 5.75 Å². The normalized spacial score (nSPS) is 14.7. The summed E-state index contributed by atoms with van der Waals surface area (Å²) in [5.41, 5.74) is 2.35. The molecular weight excluding hydrogens is 380 g/mol. The van der Waals surface area contributed by atoms with E-state index in [1.807, 2.05) is 18.2 Å². The van der Waals surface area contributed by atoms with E-state index < -0.39 is 0 Å². The van der Waals surface area contributed by atoms with Crippen molar-refractivity contribution in [2.45, 2.75) is 32.2 Å². The molecule has 2 aromatic rings. The van der Waals surface area contributed by atoms with Crippen molar-refractivity contribution >= 4 is 23.3 Å². The summed E-state index contributed by atoms with van der Waals surface area (Å²) in [4.78, 5) is 26.5. The van der Waals surface area contributed by atoms with Gasteiger partial charge in [-0.2, -0.15) is 0 Å². The fourth-order valence-corrected chi connectivity index (χ4v) is 3.72. The molecule has 1 atom stereocenters. The van der Waals surface area contributed by atoms with E-state index in [2.05, 4.69) is 26.9 Å². The second-order valence-corrected chi connectivity index (χ2v) is 7.32. The molecule has 1 aliphatic rings. The number of likely N-dealkylation sites (tertiary alicyclic amines) is 1. The van der Waals surface area contributed by atoms with Crippen LogP contribution in [0.1, 0.15) is 37.8 Å². The van der Waals surface area contributed by atoms with Gasteiger partial charge in [-0.1, -0.05) is 31.2 Å². The Morgan fingerprint density at radius 3 is 2.43 bits per heavy atom. The summed E-state index contributed by atoms with van der Waals surface area (Å²) in [6.45, 7) is 4.28. The van der Waals surface area contributed by atoms with Crippen LogP contribution in [0.4, 0.5) is 16.2 Å². The van der Waals surface area contributed by atoms with Crippen LogP contribution in [0.3, 0.4) is 0 Å². The van der Waals surface area contributed by atoms with E-state index in [9.17, 15) is 9.59 Å². The van der Waals surface area contributed by atoms with Crippen molar-refractivity contribution < 1.29 is 14.3 Å². The molecule has 0 aliphatic carbocycles. The van der Waals surface area contributed by atoms with Gasteiger partial charge in [0.15, 0.2) is 0 Å². The van der Waals surface area contributed by atoms with E-state index >= 15 is 0 Å². The molecule has 0 bridgehead atoms. The van der Waals surface area contributed by atoms with E-state index in [-0.39, 0.29) is 18.0 Å². The predicted octanol–water partition coefficient (Wildman–Crippen LogP) is 4.00. The molecule has 0 radical (unpaired) electrons. The lowest BCUT2D eigenvalue weighted by atomic mass is 10.0. The third kappa shape index (κ3) is 5.73. The zero-order valence-electron chi connectivity index (χ0n) is 17.6. The molecule has 3 rings (SSSR count). The summed E-state index contributed by atoms with van der Waals surface area (Å²) < 4.78 is 5.55. The summed E-state index contributed by atoms with van der Waals surface area (Å²) >= 11 is 0. The molecule has 7 nitrogen and oxygen atoms in total. The van der Waals surface area contributed by atoms with Crippen LogP contribution in [0.5, 0.6) is 5.75 Å². The van der Waals surface area contributed by atoms with Gasteiger partial charge < -0.3 is 20.7 Å². The smallest absolute Gasteiger partial charge is 0.319 e. The van der Waals surface area contributed by atoms with Gasteiger partial charge >= 0.3 is 6.03 Å². The number of ether oxygens (including phenoxy) is 1. The Morgan fingerprint density at radius 2 is 1.73 bits per heavy atom. The lowest BCUT2D eigenvalue weighted by Crippen LogP contribution is -2.38. The van der Waals surface area contributed by atoms with Crippen LogP contribution in [0.15, 0.2) is 48.5 Å². The van der Waals surface area contributed by atoms with Crippen LogP contribution >= 0.6 is 0 Å². The van der Waals surface area contributed by atoms with Crippen molar-refractivity contribution in [1.29, 1.82) is 0 Å². The zero-order chi connectivity index (χ0) is 21.3. The largest absolute Gasteiger partial charge is 0.496 e. The second kappa shape index (κ2) is 10.6. The standard InChI is InChI=1S/C23H30N4O3/c1-3-22(28)25-17-9-8-10-18(15-17)26-23(29)24-16-20(27-13-6-7-14-27)19-11-4-5-12-21(19)30-2/h4-5,8-12,15,20H,3,6-7,13-14,16H2,1-2H3,(H,25,28)(H2,24,26,29). The Kier molecular flexibility index (Phi) is 7.68. The molecule has 3 amide bonds. The quantitative estimate of drug-likeness (QED) is 0.614. The fraction of sp³-hybridized carbons (Fsp3) is 0.391. The number of hydrogen-bond acceptors (Lipinski definition) is 4. The number of amides is 3. The molecule has 0 spiro atoms. The van der Waals surface area contributed by atoms with E-state index in [4.69, 9.17) is 4.74 Å². The molecule has 30 heavy (non-hydrogen) atoms. The first-order valence-corrected chi connectivity index (χ1v) is 10.4. The van der Waals surface area contributed by atoms with Gasteiger partial charge in [-0.05, 0) is 50.2 Å². The van der Waals surface area contributed by atoms with Crippen LogP contribution in [0, 0.1) is 0 Å². The fourth-order valence-electron chi connectivity index (χ4n) is 3.72. The molecule has 3 N–H and O–H groups in total. The third-order valence-electron chi connectivity index (χ3n) is 5.26. The number of carbonyl (C=O) groups excluding carboxylic acids is 2. The summed E-state index contributed by atoms with van der Waals surface area (Å²) in [5, 5.41) is 8.64. The first-order valence-electron chi connectivity index (χ1n) is 10.4. The molecule has 2 aromatic carbocycles. The lowest BCUT2D eigenvalue weighted by Gasteiger charge is -2.29. The Balaban J connectivity index is 1.65. The maximum atomic E-state index is 12.5. The third-order valence-corrected chi connectivity index (χ3v) is 5.26. The van der Waals surface area contributed by atoms with Crippen molar-refractivity contribution in [3.05, 3.63) is 54.1 Å². The van der Waals surface area contributed by atoms with Crippen molar-refractivity contribution in [3.63, 3.8) is 0 Å². The molecule has 7 heteroatoms. The minimum atomic E-state index is -0.284. The van der Waals surface area contributed by atoms with E-state index in [1.165, 1.54) is 0 Å². The SMILES string of the molecule is CCC(=O)Nc1cccc(NC(=O)NCC(c2ccccc2OC)N2CCCC2)c1. The van der Waals surface area contributed by atoms with Crippen molar-refractivity contribution in [3.8, 4) is 5.75 Å². The topological polar surface area (TPSA) is 82.7 Å². The Morgan fingerprint density at radius 1 is 1.03 bits per heavy atom. The molecule has 160 valence electrons. The monoisotopic (exact) mass is 410 g/mol. The summed E-state index contributed by atoms with van der Waals surface area (Å²) in [5.74, 6) is 0.762. The molecule has 1 aliphatic heterocycles. The number of hydrogen-bond donors (Lipinski definition) is 3. The van der Waals surface area contributed by atoms with Gasteiger partial charge in [0, 0.05) is 29.9 Å². The van der Waals surface area contributed by atoms with Gasteiger partial charge in [0.05, 0.1) is 13.2 Å². The average Bonchev–Trinajstić information content (AvgIpc) is 3.29. The van der Waals surface area contributed by atoms with Crippen molar-refractivity contribution in [2.75, 3.05) is 37.4 Å². The maximum absolute atomic E-state index is 12.5. The molecule has 1 heterocycles. The lowest BCUT2D eigenvalue weighted by molar-refractivity contribution is -0.115. The van der Waals surface area contributed by atoms with Crippen molar-refractivity contribution in [2.24, 2.45) is 0 Å². The Hall–Kier alpha value is -3.06. The molecule has 1 fully saturated rings. The minimum absolute atomic E-state index is 0.0459. The predicted molar refractivity (Wildman–Crippen MR) is 119 cm³/mol. The number of para-hydroxylation sites is 1. The van der Waals surface area contributed by atoms with Gasteiger partial charge in [0.25, 0.3) is 0 Å². The maximum Gasteiger partial charge on any atom is 0.319 e. The highest BCUT2D eigenvalue weighted by molar-refractivity contribution is 5.93. The van der Waals surface area contributed by atoms with Gasteiger partial charge in [-0.15, -0.1) is 0 Å². The van der Waals surface area contributed by atoms with Gasteiger partial charge in [0.2, 0.25) is 5.91 Å². The summed E-state index contributed by atoms with van der Waals surface area (Å²) in [7, 11) is 1.67. The Bertz CT molecular complexity index is 865. The highest BCUT2D eigenvalue weighted by atomic mass is 16.5. The molecule has 1 unspecified atom stereocenters. The summed E-state index contributed by atoms with van der Waals surface area (Å²) in [6, 6.07) is 14.8. The Labute approximate surface area is 177 Å².